The van der Waals surface area contributed by atoms with Gasteiger partial charge < -0.3 is 15.4 Å². The van der Waals surface area contributed by atoms with Crippen molar-refractivity contribution in [3.8, 4) is 5.75 Å². The first-order chi connectivity index (χ1) is 12.5. The van der Waals surface area contributed by atoms with E-state index in [1.165, 1.54) is 6.20 Å². The van der Waals surface area contributed by atoms with Crippen LogP contribution in [0.4, 0.5) is 17.2 Å². The number of hydrogen-bond acceptors (Lipinski definition) is 4. The number of nitrogens with zero attached hydrogens (tertiary/aromatic N) is 1. The van der Waals surface area contributed by atoms with E-state index >= 15 is 0 Å². The standard InChI is InChI=1S/C20H18ClN3O2/c1-13-6-8-18(26-2)17(10-13)24-19-9-7-14(12-22-19)20(25)23-16-5-3-4-15(21)11-16/h3-12H,1-2H3,(H,22,24)(H,23,25). The van der Waals surface area contributed by atoms with Crippen molar-refractivity contribution in [3.63, 3.8) is 0 Å². The van der Waals surface area contributed by atoms with E-state index in [0.29, 0.717) is 22.1 Å². The molecule has 0 aliphatic carbocycles. The molecule has 0 unspecified atom stereocenters. The van der Waals surface area contributed by atoms with Gasteiger partial charge in [0.1, 0.15) is 11.6 Å². The van der Waals surface area contributed by atoms with Crippen molar-refractivity contribution in [1.29, 1.82) is 0 Å². The predicted molar refractivity (Wildman–Crippen MR) is 105 cm³/mol. The highest BCUT2D eigenvalue weighted by Gasteiger charge is 2.09. The number of methoxy groups -OCH3 is 1. The summed E-state index contributed by atoms with van der Waals surface area (Å²) < 4.78 is 5.35. The number of rotatable bonds is 5. The number of carbonyl (C=O) groups is 1. The van der Waals surface area contributed by atoms with Crippen LogP contribution in [0.2, 0.25) is 5.02 Å². The summed E-state index contributed by atoms with van der Waals surface area (Å²) in [6.07, 6.45) is 1.52. The third-order valence-corrected chi connectivity index (χ3v) is 3.96. The topological polar surface area (TPSA) is 63.2 Å². The van der Waals surface area contributed by atoms with E-state index in [0.717, 1.165) is 17.0 Å². The number of pyridine rings is 1. The fraction of sp³-hybridized carbons (Fsp3) is 0.100. The fourth-order valence-corrected chi connectivity index (χ4v) is 2.62. The third kappa shape index (κ3) is 4.32. The quantitative estimate of drug-likeness (QED) is 0.662. The monoisotopic (exact) mass is 367 g/mol. The van der Waals surface area contributed by atoms with Gasteiger partial charge in [-0.15, -0.1) is 0 Å². The minimum atomic E-state index is -0.251. The van der Waals surface area contributed by atoms with Gasteiger partial charge in [-0.3, -0.25) is 4.79 Å². The van der Waals surface area contributed by atoms with Gasteiger partial charge in [0.25, 0.3) is 5.91 Å². The molecule has 1 aromatic heterocycles. The van der Waals surface area contributed by atoms with Crippen molar-refractivity contribution in [1.82, 2.24) is 4.98 Å². The second-order valence-electron chi connectivity index (χ2n) is 5.73. The Morgan fingerprint density at radius 3 is 2.65 bits per heavy atom. The number of anilines is 3. The number of benzene rings is 2. The van der Waals surface area contributed by atoms with Gasteiger partial charge in [-0.1, -0.05) is 23.7 Å². The Hall–Kier alpha value is -3.05. The van der Waals surface area contributed by atoms with E-state index < -0.39 is 0 Å². The molecule has 2 aromatic carbocycles. The summed E-state index contributed by atoms with van der Waals surface area (Å²) >= 11 is 5.93. The molecule has 0 radical (unpaired) electrons. The highest BCUT2D eigenvalue weighted by atomic mass is 35.5. The lowest BCUT2D eigenvalue weighted by Crippen LogP contribution is -2.12. The van der Waals surface area contributed by atoms with Gasteiger partial charge in [0.2, 0.25) is 0 Å². The van der Waals surface area contributed by atoms with Crippen molar-refractivity contribution in [3.05, 3.63) is 76.9 Å². The molecule has 1 heterocycles. The maximum atomic E-state index is 12.3. The molecule has 0 saturated heterocycles. The number of hydrogen-bond donors (Lipinski definition) is 2. The van der Waals surface area contributed by atoms with Crippen LogP contribution in [-0.4, -0.2) is 18.0 Å². The van der Waals surface area contributed by atoms with Crippen molar-refractivity contribution >= 4 is 34.7 Å². The number of carbonyl (C=O) groups excluding carboxylic acids is 1. The van der Waals surface area contributed by atoms with Gasteiger partial charge >= 0.3 is 0 Å². The number of amides is 1. The molecule has 6 heteroatoms. The summed E-state index contributed by atoms with van der Waals surface area (Å²) in [7, 11) is 1.62. The van der Waals surface area contributed by atoms with Gasteiger partial charge in [0, 0.05) is 16.9 Å². The molecular formula is C20H18ClN3O2. The Morgan fingerprint density at radius 1 is 1.12 bits per heavy atom. The van der Waals surface area contributed by atoms with Crippen LogP contribution in [0, 0.1) is 6.92 Å². The molecule has 3 aromatic rings. The summed E-state index contributed by atoms with van der Waals surface area (Å²) in [5, 5.41) is 6.55. The normalized spacial score (nSPS) is 10.3. The van der Waals surface area contributed by atoms with E-state index in [1.807, 2.05) is 25.1 Å². The largest absolute Gasteiger partial charge is 0.495 e. The Bertz CT molecular complexity index is 927. The molecule has 0 fully saturated rings. The molecule has 5 nitrogen and oxygen atoms in total. The lowest BCUT2D eigenvalue weighted by Gasteiger charge is -2.12. The van der Waals surface area contributed by atoms with Gasteiger partial charge in [-0.2, -0.15) is 0 Å². The summed E-state index contributed by atoms with van der Waals surface area (Å²) in [4.78, 5) is 16.6. The first-order valence-electron chi connectivity index (χ1n) is 8.00. The zero-order valence-corrected chi connectivity index (χ0v) is 15.2. The second kappa shape index (κ2) is 7.89. The molecule has 3 rings (SSSR count). The van der Waals surface area contributed by atoms with Crippen LogP contribution < -0.4 is 15.4 Å². The van der Waals surface area contributed by atoms with Crippen LogP contribution in [0.1, 0.15) is 15.9 Å². The van der Waals surface area contributed by atoms with Crippen molar-refractivity contribution < 1.29 is 9.53 Å². The smallest absolute Gasteiger partial charge is 0.257 e. The molecular weight excluding hydrogens is 350 g/mol. The highest BCUT2D eigenvalue weighted by Crippen LogP contribution is 2.28. The number of ether oxygens (including phenoxy) is 1. The maximum Gasteiger partial charge on any atom is 0.257 e. The number of halogens is 1. The maximum absolute atomic E-state index is 12.3. The average molecular weight is 368 g/mol. The number of aromatic nitrogens is 1. The lowest BCUT2D eigenvalue weighted by molar-refractivity contribution is 0.102. The van der Waals surface area contributed by atoms with Crippen LogP contribution in [0.15, 0.2) is 60.8 Å². The fourth-order valence-electron chi connectivity index (χ4n) is 2.43. The predicted octanol–water partition coefficient (Wildman–Crippen LogP) is 5.05. The molecule has 2 N–H and O–H groups in total. The molecule has 0 aliphatic heterocycles. The Labute approximate surface area is 157 Å². The van der Waals surface area contributed by atoms with Crippen LogP contribution in [-0.2, 0) is 0 Å². The molecule has 0 aliphatic rings. The van der Waals surface area contributed by atoms with Crippen LogP contribution in [0.25, 0.3) is 0 Å². The first-order valence-corrected chi connectivity index (χ1v) is 8.37. The Kier molecular flexibility index (Phi) is 5.39. The molecule has 26 heavy (non-hydrogen) atoms. The van der Waals surface area contributed by atoms with Crippen molar-refractivity contribution in [2.24, 2.45) is 0 Å². The summed E-state index contributed by atoms with van der Waals surface area (Å²) in [5.41, 5.74) is 3.00. The second-order valence-corrected chi connectivity index (χ2v) is 6.16. The lowest BCUT2D eigenvalue weighted by atomic mass is 10.2. The van der Waals surface area contributed by atoms with Crippen molar-refractivity contribution in [2.45, 2.75) is 6.92 Å². The molecule has 0 atom stereocenters. The van der Waals surface area contributed by atoms with Gasteiger partial charge in [0.15, 0.2) is 0 Å². The summed E-state index contributed by atoms with van der Waals surface area (Å²) in [6.45, 7) is 2.00. The zero-order chi connectivity index (χ0) is 18.5. The van der Waals surface area contributed by atoms with Crippen LogP contribution >= 0.6 is 11.6 Å². The van der Waals surface area contributed by atoms with E-state index in [-0.39, 0.29) is 5.91 Å². The zero-order valence-electron chi connectivity index (χ0n) is 14.4. The average Bonchev–Trinajstić information content (AvgIpc) is 2.62. The molecule has 132 valence electrons. The van der Waals surface area contributed by atoms with Gasteiger partial charge in [-0.25, -0.2) is 4.98 Å². The van der Waals surface area contributed by atoms with E-state index in [9.17, 15) is 4.79 Å². The minimum absolute atomic E-state index is 0.251. The van der Waals surface area contributed by atoms with Gasteiger partial charge in [-0.05, 0) is 55.0 Å². The van der Waals surface area contributed by atoms with Crippen LogP contribution in [0.5, 0.6) is 5.75 Å². The van der Waals surface area contributed by atoms with Gasteiger partial charge in [0.05, 0.1) is 18.4 Å². The number of aryl methyl sites for hydroxylation is 1. The first kappa shape index (κ1) is 17.8. The highest BCUT2D eigenvalue weighted by molar-refractivity contribution is 6.30. The van der Waals surface area contributed by atoms with E-state index in [2.05, 4.69) is 15.6 Å². The molecule has 1 amide bonds. The summed E-state index contributed by atoms with van der Waals surface area (Å²) in [6, 6.07) is 16.3. The third-order valence-electron chi connectivity index (χ3n) is 3.73. The molecule has 0 spiro atoms. The minimum Gasteiger partial charge on any atom is -0.495 e. The van der Waals surface area contributed by atoms with E-state index in [4.69, 9.17) is 16.3 Å². The van der Waals surface area contributed by atoms with E-state index in [1.54, 1.807) is 43.5 Å². The molecule has 0 bridgehead atoms. The SMILES string of the molecule is COc1ccc(C)cc1Nc1ccc(C(=O)Nc2cccc(Cl)c2)cn1. The van der Waals surface area contributed by atoms with Crippen LogP contribution in [0.3, 0.4) is 0 Å². The molecule has 0 saturated carbocycles. The summed E-state index contributed by atoms with van der Waals surface area (Å²) in [5.74, 6) is 1.09. The Morgan fingerprint density at radius 2 is 1.96 bits per heavy atom. The number of nitrogens with one attached hydrogen (secondary N) is 2. The van der Waals surface area contributed by atoms with Crippen molar-refractivity contribution in [2.75, 3.05) is 17.7 Å². The Balaban J connectivity index is 1.72.